The molecule has 2 N–H and O–H groups in total. The molecule has 316 valence electrons. The third kappa shape index (κ3) is 8.74. The van der Waals surface area contributed by atoms with Crippen molar-refractivity contribution in [2.24, 2.45) is 0 Å². The number of fused-ring (bicyclic) bond motifs is 1. The molecule has 4 atom stereocenters. The van der Waals surface area contributed by atoms with E-state index < -0.39 is 42.9 Å². The fraction of sp³-hybridized carbons (Fsp3) is 0.213. The topological polar surface area (TPSA) is 175 Å². The Hall–Kier alpha value is -7.01. The summed E-state index contributed by atoms with van der Waals surface area (Å²) < 4.78 is 43.4. The van der Waals surface area contributed by atoms with Gasteiger partial charge in [0.05, 0.1) is 32.7 Å². The number of nitrogens with zero attached hydrogens (tertiary/aromatic N) is 4. The summed E-state index contributed by atoms with van der Waals surface area (Å²) in [5.41, 5.74) is 2.53. The van der Waals surface area contributed by atoms with Crippen LogP contribution in [0.4, 0.5) is 5.82 Å². The van der Waals surface area contributed by atoms with E-state index in [9.17, 15) is 14.7 Å². The first kappa shape index (κ1) is 41.7. The third-order valence-electron chi connectivity index (χ3n) is 10.5. The number of rotatable bonds is 17. The van der Waals surface area contributed by atoms with Crippen molar-refractivity contribution in [2.75, 3.05) is 39.7 Å². The maximum Gasteiger partial charge on any atom is 0.340 e. The number of nitrogens with one attached hydrogen (secondary N) is 1. The van der Waals surface area contributed by atoms with E-state index in [2.05, 4.69) is 20.3 Å². The molecule has 1 aliphatic heterocycles. The normalized spacial score (nSPS) is 17.4. The molecule has 2 aromatic heterocycles. The zero-order valence-corrected chi connectivity index (χ0v) is 33.8. The first-order valence-electron chi connectivity index (χ1n) is 19.7. The van der Waals surface area contributed by atoms with Gasteiger partial charge in [0.1, 0.15) is 41.7 Å². The fourth-order valence-electron chi connectivity index (χ4n) is 7.35. The number of aliphatic hydroxyl groups is 1. The number of imidazole rings is 1. The molecule has 15 nitrogen and oxygen atoms in total. The molecule has 0 aliphatic carbocycles. The Morgan fingerprint density at radius 3 is 1.92 bits per heavy atom. The van der Waals surface area contributed by atoms with Crippen LogP contribution in [0.3, 0.4) is 0 Å². The Morgan fingerprint density at radius 1 is 0.726 bits per heavy atom. The number of carbonyl (C=O) groups is 2. The molecule has 3 heterocycles. The number of benzene rings is 5. The predicted molar refractivity (Wildman–Crippen MR) is 225 cm³/mol. The Morgan fingerprint density at radius 2 is 1.31 bits per heavy atom. The molecule has 1 saturated heterocycles. The Kier molecular flexibility index (Phi) is 12.9. The van der Waals surface area contributed by atoms with Crippen LogP contribution in [0.25, 0.3) is 11.2 Å². The number of methoxy groups -OCH3 is 2. The minimum absolute atomic E-state index is 0.139. The van der Waals surface area contributed by atoms with E-state index in [0.717, 1.165) is 16.7 Å². The number of ether oxygens (including phenoxy) is 7. The smallest absolute Gasteiger partial charge is 0.340 e. The number of esters is 1. The van der Waals surface area contributed by atoms with Crippen LogP contribution in [0, 0.1) is 0 Å². The molecule has 1 amide bonds. The van der Waals surface area contributed by atoms with Gasteiger partial charge in [-0.05, 0) is 65.2 Å². The Bertz CT molecular complexity index is 2510. The van der Waals surface area contributed by atoms with Gasteiger partial charge in [-0.25, -0.2) is 19.7 Å². The summed E-state index contributed by atoms with van der Waals surface area (Å²) in [4.78, 5) is 39.0. The van der Waals surface area contributed by atoms with Crippen molar-refractivity contribution >= 4 is 28.9 Å². The Balaban J connectivity index is 1.10. The van der Waals surface area contributed by atoms with Gasteiger partial charge in [0.15, 0.2) is 36.8 Å². The van der Waals surface area contributed by atoms with Crippen LogP contribution < -0.4 is 14.8 Å². The van der Waals surface area contributed by atoms with Gasteiger partial charge in [-0.1, -0.05) is 91.0 Å². The summed E-state index contributed by atoms with van der Waals surface area (Å²) in [5, 5.41) is 14.9. The number of amides is 1. The highest BCUT2D eigenvalue weighted by atomic mass is 16.8. The van der Waals surface area contributed by atoms with Gasteiger partial charge in [-0.3, -0.25) is 9.36 Å². The van der Waals surface area contributed by atoms with Crippen LogP contribution >= 0.6 is 0 Å². The van der Waals surface area contributed by atoms with Crippen LogP contribution in [0.15, 0.2) is 152 Å². The molecular formula is C47H43N5O10. The van der Waals surface area contributed by atoms with E-state index in [1.807, 2.05) is 84.9 Å². The maximum absolute atomic E-state index is 13.1. The SMILES string of the molecule is COc1ccc(C(OC[C@H]2O[C@@H](n3cnc4c(NC(=O)c5ccccc5)ncnc43)[C@H](OCOCOC(=O)c3ccccc3)[C@@H]2O)(c2ccccc2)c2ccc(OC)cc2)cc1. The van der Waals surface area contributed by atoms with Crippen LogP contribution in [-0.4, -0.2) is 89.2 Å². The van der Waals surface area contributed by atoms with Gasteiger partial charge in [-0.15, -0.1) is 0 Å². The Labute approximate surface area is 356 Å². The molecule has 15 heteroatoms. The molecule has 0 bridgehead atoms. The highest BCUT2D eigenvalue weighted by Gasteiger charge is 2.48. The lowest BCUT2D eigenvalue weighted by atomic mass is 9.80. The number of hydrogen-bond acceptors (Lipinski definition) is 13. The van der Waals surface area contributed by atoms with Crippen LogP contribution in [0.1, 0.15) is 43.6 Å². The second-order valence-electron chi connectivity index (χ2n) is 14.1. The molecule has 0 saturated carbocycles. The lowest BCUT2D eigenvalue weighted by Crippen LogP contribution is -2.40. The summed E-state index contributed by atoms with van der Waals surface area (Å²) in [7, 11) is 3.21. The first-order valence-corrected chi connectivity index (χ1v) is 19.7. The average molecular weight is 838 g/mol. The molecule has 1 aliphatic rings. The van der Waals surface area contributed by atoms with Crippen LogP contribution in [0.5, 0.6) is 11.5 Å². The minimum Gasteiger partial charge on any atom is -0.497 e. The number of aromatic nitrogens is 4. The van der Waals surface area contributed by atoms with E-state index >= 15 is 0 Å². The molecule has 0 radical (unpaired) electrons. The van der Waals surface area contributed by atoms with Gasteiger partial charge in [-0.2, -0.15) is 0 Å². The van der Waals surface area contributed by atoms with Gasteiger partial charge < -0.3 is 43.6 Å². The van der Waals surface area contributed by atoms with E-state index in [4.69, 9.17) is 33.2 Å². The highest BCUT2D eigenvalue weighted by Crippen LogP contribution is 2.43. The number of hydrogen-bond donors (Lipinski definition) is 2. The number of carbonyl (C=O) groups excluding carboxylic acids is 2. The third-order valence-corrected chi connectivity index (χ3v) is 10.5. The summed E-state index contributed by atoms with van der Waals surface area (Å²) >= 11 is 0. The average Bonchev–Trinajstić information content (AvgIpc) is 3.90. The van der Waals surface area contributed by atoms with Crippen molar-refractivity contribution in [2.45, 2.75) is 30.1 Å². The quantitative estimate of drug-likeness (QED) is 0.0439. The monoisotopic (exact) mass is 837 g/mol. The molecule has 1 fully saturated rings. The largest absolute Gasteiger partial charge is 0.497 e. The number of anilines is 1. The molecule has 0 spiro atoms. The zero-order chi connectivity index (χ0) is 42.9. The van der Waals surface area contributed by atoms with Crippen molar-refractivity contribution in [3.63, 3.8) is 0 Å². The highest BCUT2D eigenvalue weighted by molar-refractivity contribution is 6.06. The van der Waals surface area contributed by atoms with E-state index in [1.165, 1.54) is 12.7 Å². The molecule has 0 unspecified atom stereocenters. The summed E-state index contributed by atoms with van der Waals surface area (Å²) in [5.74, 6) is 0.555. The van der Waals surface area contributed by atoms with E-state index in [-0.39, 0.29) is 30.6 Å². The first-order chi connectivity index (χ1) is 30.4. The standard InChI is InChI=1S/C47H43N5O10/c1-56-36-22-18-34(19-23-36)47(33-16-10-5-11-17-33,35-20-24-37(57-2)25-21-35)61-26-38-40(53)41(59-29-58-30-60-46(55)32-14-8-4-9-15-32)45(62-38)52-28-50-39-42(48-27-49-43(39)52)51-44(54)31-12-6-3-7-13-31/h3-25,27-28,38,40-41,45,53H,26,29-30H2,1-2H3,(H,48,49,51,54)/t38-,40-,41-,45-/m1/s1. The van der Waals surface area contributed by atoms with Gasteiger partial charge >= 0.3 is 5.97 Å². The van der Waals surface area contributed by atoms with Crippen molar-refractivity contribution in [1.82, 2.24) is 19.5 Å². The molecule has 7 aromatic rings. The van der Waals surface area contributed by atoms with Crippen LogP contribution in [-0.2, 0) is 29.3 Å². The second-order valence-corrected chi connectivity index (χ2v) is 14.1. The predicted octanol–water partition coefficient (Wildman–Crippen LogP) is 6.54. The zero-order valence-electron chi connectivity index (χ0n) is 33.8. The van der Waals surface area contributed by atoms with Crippen LogP contribution in [0.2, 0.25) is 0 Å². The van der Waals surface area contributed by atoms with E-state index in [1.54, 1.807) is 73.4 Å². The summed E-state index contributed by atoms with van der Waals surface area (Å²) in [6.07, 6.45) is -1.65. The molecule has 5 aromatic carbocycles. The molecular weight excluding hydrogens is 795 g/mol. The number of aliphatic hydroxyl groups excluding tert-OH is 1. The maximum atomic E-state index is 13.1. The van der Waals surface area contributed by atoms with Gasteiger partial charge in [0.25, 0.3) is 5.91 Å². The second kappa shape index (κ2) is 19.1. The van der Waals surface area contributed by atoms with Crippen molar-refractivity contribution < 1.29 is 47.9 Å². The minimum atomic E-state index is -1.30. The van der Waals surface area contributed by atoms with E-state index in [0.29, 0.717) is 28.3 Å². The lowest BCUT2D eigenvalue weighted by Gasteiger charge is -2.37. The lowest BCUT2D eigenvalue weighted by molar-refractivity contribution is -0.164. The fourth-order valence-corrected chi connectivity index (χ4v) is 7.35. The molecule has 62 heavy (non-hydrogen) atoms. The molecule has 8 rings (SSSR count). The van der Waals surface area contributed by atoms with Crippen molar-refractivity contribution in [3.05, 3.63) is 180 Å². The van der Waals surface area contributed by atoms with Gasteiger partial charge in [0.2, 0.25) is 0 Å². The summed E-state index contributed by atoms with van der Waals surface area (Å²) in [6, 6.07) is 42.1. The van der Waals surface area contributed by atoms with Gasteiger partial charge in [0, 0.05) is 5.56 Å². The van der Waals surface area contributed by atoms with Crippen molar-refractivity contribution in [3.8, 4) is 11.5 Å². The summed E-state index contributed by atoms with van der Waals surface area (Å²) in [6.45, 7) is -0.938. The van der Waals surface area contributed by atoms with Crippen molar-refractivity contribution in [1.29, 1.82) is 0 Å².